The van der Waals surface area contributed by atoms with Crippen LogP contribution in [0.25, 0.3) is 0 Å². The van der Waals surface area contributed by atoms with Crippen LogP contribution in [0.5, 0.6) is 0 Å². The van der Waals surface area contributed by atoms with Gasteiger partial charge in [-0.1, -0.05) is 0 Å². The molecule has 0 aromatic heterocycles. The van der Waals surface area contributed by atoms with Gasteiger partial charge in [0, 0.05) is 180 Å². The average molecular weight is 1910 g/mol. The second kappa shape index (κ2) is 62.2. The molecule has 0 bridgehead atoms. The lowest BCUT2D eigenvalue weighted by molar-refractivity contribution is -0.224. The predicted octanol–water partition coefficient (Wildman–Crippen LogP) is -3.30. The van der Waals surface area contributed by atoms with Crippen molar-refractivity contribution in [2.75, 3.05) is 85.4 Å². The lowest BCUT2D eigenvalue weighted by atomic mass is 9.89. The minimum Gasteiger partial charge on any atom is -0.480 e. The molecule has 11 amide bonds. The van der Waals surface area contributed by atoms with E-state index in [0.29, 0.717) is 0 Å². The van der Waals surface area contributed by atoms with Crippen LogP contribution in [0, 0.1) is 0 Å². The molecule has 3 aliphatic rings. The summed E-state index contributed by atoms with van der Waals surface area (Å²) in [7, 11) is 0. The minimum atomic E-state index is -1.42. The zero-order valence-electron chi connectivity index (χ0n) is 77.6. The van der Waals surface area contributed by atoms with Gasteiger partial charge in [0.1, 0.15) is 50.8 Å². The molecule has 0 radical (unpaired) electrons. The summed E-state index contributed by atoms with van der Waals surface area (Å²) in [6, 6.07) is -4.82. The van der Waals surface area contributed by atoms with Gasteiger partial charge in [0.25, 0.3) is 17.7 Å². The zero-order chi connectivity index (χ0) is 100. The van der Waals surface area contributed by atoms with Gasteiger partial charge in [0.15, 0.2) is 36.6 Å². The zero-order valence-corrected chi connectivity index (χ0v) is 77.6. The molecule has 3 aliphatic heterocycles. The summed E-state index contributed by atoms with van der Waals surface area (Å²) in [4.78, 5) is 304. The van der Waals surface area contributed by atoms with Crippen LogP contribution < -0.4 is 53.2 Å². The number of carbonyl (C=O) groups excluding carboxylic acids is 23. The van der Waals surface area contributed by atoms with E-state index in [0.717, 1.165) is 62.3 Å². The Balaban J connectivity index is 1.71. The van der Waals surface area contributed by atoms with Gasteiger partial charge >= 0.3 is 59.7 Å². The molecule has 3 saturated heterocycles. The van der Waals surface area contributed by atoms with Crippen molar-refractivity contribution in [3.8, 4) is 0 Å². The molecule has 0 saturated carbocycles. The molecule has 134 heavy (non-hydrogen) atoms. The Hall–Kier alpha value is -12.3. The smallest absolute Gasteiger partial charge is 0.329 e. The fourth-order valence-electron chi connectivity index (χ4n) is 14.6. The number of hydrogen-bond donors (Lipinski definition) is 11. The summed E-state index contributed by atoms with van der Waals surface area (Å²) < 4.78 is 71.6. The number of ketones is 3. The molecule has 3 rings (SSSR count). The third-order valence-corrected chi connectivity index (χ3v) is 20.3. The van der Waals surface area contributed by atoms with Gasteiger partial charge in [0.05, 0.1) is 43.0 Å². The van der Waals surface area contributed by atoms with E-state index in [9.17, 15) is 115 Å². The first kappa shape index (κ1) is 116. The Morgan fingerprint density at radius 3 is 0.918 bits per heavy atom. The highest BCUT2D eigenvalue weighted by molar-refractivity contribution is 6.37. The number of amides is 11. The Kier molecular flexibility index (Phi) is 53.8. The second-order valence-electron chi connectivity index (χ2n) is 31.7. The fraction of sp³-hybridized carbons (Fsp3) is 0.718. The van der Waals surface area contributed by atoms with Crippen molar-refractivity contribution < 1.29 is 182 Å². The largest absolute Gasteiger partial charge is 0.480 e. The van der Waals surface area contributed by atoms with Crippen molar-refractivity contribution in [3.05, 3.63) is 0 Å². The van der Waals surface area contributed by atoms with Crippen LogP contribution in [0.2, 0.25) is 0 Å². The molecule has 49 heteroatoms. The molecule has 16 atom stereocenters. The summed E-state index contributed by atoms with van der Waals surface area (Å²) >= 11 is 0. The number of carbonyl (C=O) groups is 24. The first-order chi connectivity index (χ1) is 63.3. The third kappa shape index (κ3) is 46.9. The van der Waals surface area contributed by atoms with Crippen molar-refractivity contribution in [1.29, 1.82) is 0 Å². The molecule has 3 fully saturated rings. The monoisotopic (exact) mass is 1910 g/mol. The maximum Gasteiger partial charge on any atom is 0.329 e. The van der Waals surface area contributed by atoms with E-state index in [1.165, 1.54) is 25.7 Å². The number of aliphatic carboxylic acids is 1. The van der Waals surface area contributed by atoms with Crippen molar-refractivity contribution in [2.45, 2.75) is 309 Å². The normalized spacial score (nSPS) is 21.2. The van der Waals surface area contributed by atoms with E-state index in [1.807, 2.05) is 0 Å². The molecular formula is C85H129N11O38. The molecule has 15 unspecified atom stereocenters. The number of Topliss-reactive ketones (excluding diaryl/α,β-unsaturated/α-hetero) is 3. The van der Waals surface area contributed by atoms with Gasteiger partial charge in [-0.25, -0.2) is 4.79 Å². The van der Waals surface area contributed by atoms with Gasteiger partial charge < -0.3 is 125 Å². The maximum absolute atomic E-state index is 14.3. The lowest BCUT2D eigenvalue weighted by Crippen LogP contribution is -2.66. The SMILES string of the molecule is CC(=O)NC1C(CCCC(=O)C(=O)NCCCCC(=O)NCCN(CCNC(=O)CCCCNC(=O)C(=O)CCCC2OC(COC(C)=O)C(OC(C)=O)C(OC(C)=O)C2NC(C)=O)C(=O)CC[C@H](NC(=O)CCCCNC(=O)C(=O)CCCC2OC(COC(C)=O)C(OC(C)=O)C(OC(C)=O)C2NC(C)=O)C(=O)NCCOCC(=O)O)OC(COC(C)=O)C(OC(C)=O)C1OC(C)=O. The van der Waals surface area contributed by atoms with Gasteiger partial charge in [-0.2, -0.15) is 0 Å². The molecule has 0 spiro atoms. The van der Waals surface area contributed by atoms with Gasteiger partial charge in [0.2, 0.25) is 64.6 Å². The predicted molar refractivity (Wildman–Crippen MR) is 454 cm³/mol. The first-order valence-corrected chi connectivity index (χ1v) is 44.1. The Bertz CT molecular complexity index is 3920. The quantitative estimate of drug-likeness (QED) is 0.0123. The molecule has 0 aliphatic carbocycles. The van der Waals surface area contributed by atoms with Crippen LogP contribution >= 0.6 is 0 Å². The van der Waals surface area contributed by atoms with E-state index in [1.54, 1.807) is 0 Å². The molecule has 11 N–H and O–H groups in total. The van der Waals surface area contributed by atoms with Crippen LogP contribution in [0.4, 0.5) is 0 Å². The summed E-state index contributed by atoms with van der Waals surface area (Å²) in [5.74, 6) is -18.6. The standard InChI is InChI=1S/C85H129N11O38/c1-46(97)92-73-62(132-65(42-123-49(4)100)76(126-52(7)103)79(73)129-55(10)106)25-19-22-59(109)83(119)88-33-16-13-28-68(112)86-36-39-96(40-37-87-69(113)29-14-17-34-89-84(120)60(110)23-20-26-63-74(93-47(2)98)80(130-56(11)107)77(127-53(8)104)66(133-63)43-124-50(5)101)71(115)32-31-58(82(118)91-38-41-122-45-72(116)117)95-70(114)30-15-18-35-90-85(121)61(111)24-21-27-64-75(94-48(3)99)81(131-57(12)108)78(128-54(9)105)67(134-64)44-125-51(6)102/h58,62-67,73-81H,13-45H2,1-12H3,(H,86,112)(H,87,113)(H,88,119)(H,89,120)(H,90,121)(H,91,118)(H,92,97)(H,93,98)(H,94,99)(H,95,114)(H,116,117)/t58-,62?,63?,64?,65?,66?,67?,73?,74?,75?,76?,77?,78?,79?,80?,81?/m0/s1. The molecule has 0 aromatic rings. The average Bonchev–Trinajstić information content (AvgIpc) is 0.794. The first-order valence-electron chi connectivity index (χ1n) is 44.1. The number of esters is 9. The van der Waals surface area contributed by atoms with E-state index in [-0.39, 0.29) is 181 Å². The van der Waals surface area contributed by atoms with E-state index in [2.05, 4.69) is 53.2 Å². The Labute approximate surface area is 773 Å². The van der Waals surface area contributed by atoms with E-state index < -0.39 is 272 Å². The number of rotatable bonds is 61. The third-order valence-electron chi connectivity index (χ3n) is 20.3. The number of nitrogens with one attached hydrogen (secondary N) is 10. The number of ether oxygens (including phenoxy) is 13. The Morgan fingerprint density at radius 1 is 0.321 bits per heavy atom. The topological polar surface area (TPSA) is 673 Å². The van der Waals surface area contributed by atoms with Crippen LogP contribution in [0.3, 0.4) is 0 Å². The molecule has 752 valence electrons. The van der Waals surface area contributed by atoms with Gasteiger partial charge in [-0.15, -0.1) is 0 Å². The summed E-state index contributed by atoms with van der Waals surface area (Å²) in [6.45, 7) is 9.89. The van der Waals surface area contributed by atoms with Crippen LogP contribution in [-0.4, -0.2) is 335 Å². The molecule has 49 nitrogen and oxygen atoms in total. The highest BCUT2D eigenvalue weighted by Crippen LogP contribution is 2.34. The van der Waals surface area contributed by atoms with Crippen molar-refractivity contribution in [1.82, 2.24) is 58.1 Å². The number of carboxylic acids is 1. The number of nitrogens with zero attached hydrogens (tertiary/aromatic N) is 1. The van der Waals surface area contributed by atoms with E-state index in [4.69, 9.17) is 66.7 Å². The minimum absolute atomic E-state index is 0.00665. The summed E-state index contributed by atoms with van der Waals surface area (Å²) in [5.41, 5.74) is 0. The maximum atomic E-state index is 14.3. The molecule has 3 heterocycles. The molecule has 0 aromatic carbocycles. The highest BCUT2D eigenvalue weighted by atomic mass is 16.7. The lowest BCUT2D eigenvalue weighted by Gasteiger charge is -2.45. The number of hydrogen-bond acceptors (Lipinski definition) is 37. The van der Waals surface area contributed by atoms with Crippen LogP contribution in [0.1, 0.15) is 212 Å². The summed E-state index contributed by atoms with van der Waals surface area (Å²) in [5, 5.41) is 34.9. The number of carboxylic acid groups (broad SMARTS) is 1. The van der Waals surface area contributed by atoms with Crippen LogP contribution in [-0.2, 0) is 177 Å². The van der Waals surface area contributed by atoms with Crippen molar-refractivity contribution in [2.24, 2.45) is 0 Å². The van der Waals surface area contributed by atoms with Crippen molar-refractivity contribution in [3.63, 3.8) is 0 Å². The van der Waals surface area contributed by atoms with E-state index >= 15 is 0 Å². The molecular weight excluding hydrogens is 1780 g/mol. The van der Waals surface area contributed by atoms with Gasteiger partial charge in [-0.05, 0) is 83.5 Å². The number of unbranched alkanes of at least 4 members (excludes halogenated alkanes) is 3. The Morgan fingerprint density at radius 2 is 0.627 bits per heavy atom. The highest BCUT2D eigenvalue weighted by Gasteiger charge is 2.54. The fourth-order valence-corrected chi connectivity index (χ4v) is 14.6. The second-order valence-corrected chi connectivity index (χ2v) is 31.7. The summed E-state index contributed by atoms with van der Waals surface area (Å²) in [6.07, 6.45) is -16.1. The van der Waals surface area contributed by atoms with Gasteiger partial charge in [-0.3, -0.25) is 110 Å². The van der Waals surface area contributed by atoms with Crippen molar-refractivity contribution >= 4 is 142 Å². The van der Waals surface area contributed by atoms with Crippen LogP contribution in [0.15, 0.2) is 0 Å².